The number of carbonyl (C=O) groups excluding carboxylic acids is 4. The summed E-state index contributed by atoms with van der Waals surface area (Å²) < 4.78 is 10.8. The first kappa shape index (κ1) is 22.0. The number of esters is 1. The molecule has 9 heteroatoms. The molecule has 2 aromatic carbocycles. The number of carbonyl (C=O) groups is 4. The molecule has 2 atom stereocenters. The fourth-order valence-electron chi connectivity index (χ4n) is 3.90. The number of rotatable bonds is 4. The van der Waals surface area contributed by atoms with Crippen LogP contribution in [0.4, 0.5) is 5.69 Å². The molecule has 0 spiro atoms. The van der Waals surface area contributed by atoms with Crippen LogP contribution in [0.1, 0.15) is 44.9 Å². The van der Waals surface area contributed by atoms with E-state index in [1.54, 1.807) is 29.2 Å². The van der Waals surface area contributed by atoms with Gasteiger partial charge < -0.3 is 14.4 Å². The van der Waals surface area contributed by atoms with Crippen molar-refractivity contribution in [2.45, 2.75) is 26.1 Å². The lowest BCUT2D eigenvalue weighted by Crippen LogP contribution is -2.49. The summed E-state index contributed by atoms with van der Waals surface area (Å²) in [5, 5.41) is 0.256. The SMILES string of the molecule is CC1CN(C(=O)COC(=O)c2ccc3c(c2)C(=O)N(c2ccccc2Cl)C3=O)CC(C)O1. The van der Waals surface area contributed by atoms with Gasteiger partial charge in [0.05, 0.1) is 39.6 Å². The second-order valence-electron chi connectivity index (χ2n) is 7.79. The van der Waals surface area contributed by atoms with E-state index < -0.39 is 24.4 Å². The number of morpholine rings is 1. The predicted molar refractivity (Wildman–Crippen MR) is 116 cm³/mol. The third-order valence-electron chi connectivity index (χ3n) is 5.31. The monoisotopic (exact) mass is 456 g/mol. The minimum atomic E-state index is -0.757. The van der Waals surface area contributed by atoms with Crippen LogP contribution in [0.3, 0.4) is 0 Å². The Hall–Kier alpha value is -3.23. The zero-order chi connectivity index (χ0) is 23.0. The molecule has 2 unspecified atom stereocenters. The standard InChI is InChI=1S/C23H21ClN2O6/c1-13-10-25(11-14(2)32-13)20(27)12-31-23(30)15-7-8-16-17(9-15)22(29)26(21(16)28)19-6-4-3-5-18(19)24/h3-9,13-14H,10-12H2,1-2H3. The van der Waals surface area contributed by atoms with E-state index in [1.165, 1.54) is 18.2 Å². The normalized spacial score (nSPS) is 20.3. The Kier molecular flexibility index (Phi) is 5.99. The van der Waals surface area contributed by atoms with Gasteiger partial charge in [0.25, 0.3) is 17.7 Å². The molecule has 1 fully saturated rings. The van der Waals surface area contributed by atoms with Crippen LogP contribution in [0, 0.1) is 0 Å². The number of halogens is 1. The first-order chi connectivity index (χ1) is 15.3. The molecule has 166 valence electrons. The minimum Gasteiger partial charge on any atom is -0.452 e. The zero-order valence-corrected chi connectivity index (χ0v) is 18.3. The second kappa shape index (κ2) is 8.72. The van der Waals surface area contributed by atoms with Crippen LogP contribution >= 0.6 is 11.6 Å². The molecule has 0 radical (unpaired) electrons. The fourth-order valence-corrected chi connectivity index (χ4v) is 4.12. The molecule has 32 heavy (non-hydrogen) atoms. The maximum atomic E-state index is 12.9. The molecule has 0 saturated carbocycles. The van der Waals surface area contributed by atoms with E-state index in [0.717, 1.165) is 4.90 Å². The molecule has 0 N–H and O–H groups in total. The van der Waals surface area contributed by atoms with Crippen LogP contribution in [0.2, 0.25) is 5.02 Å². The highest BCUT2D eigenvalue weighted by molar-refractivity contribution is 6.39. The summed E-state index contributed by atoms with van der Waals surface area (Å²) in [6.07, 6.45) is -0.195. The van der Waals surface area contributed by atoms with Gasteiger partial charge in [-0.15, -0.1) is 0 Å². The number of nitrogens with zero attached hydrogens (tertiary/aromatic N) is 2. The number of hydrogen-bond donors (Lipinski definition) is 0. The molecule has 0 aromatic heterocycles. The largest absolute Gasteiger partial charge is 0.452 e. The molecule has 2 aliphatic rings. The van der Waals surface area contributed by atoms with E-state index in [2.05, 4.69) is 0 Å². The van der Waals surface area contributed by atoms with E-state index in [1.807, 2.05) is 13.8 Å². The number of fused-ring (bicyclic) bond motifs is 1. The van der Waals surface area contributed by atoms with E-state index in [4.69, 9.17) is 21.1 Å². The summed E-state index contributed by atoms with van der Waals surface area (Å²) in [5.74, 6) is -2.19. The van der Waals surface area contributed by atoms with E-state index in [0.29, 0.717) is 13.1 Å². The Balaban J connectivity index is 1.47. The summed E-state index contributed by atoms with van der Waals surface area (Å²) in [7, 11) is 0. The Bertz CT molecular complexity index is 1110. The average molecular weight is 457 g/mol. The van der Waals surface area contributed by atoms with Crippen molar-refractivity contribution in [2.75, 3.05) is 24.6 Å². The molecule has 2 heterocycles. The molecule has 1 saturated heterocycles. The van der Waals surface area contributed by atoms with Gasteiger partial charge in [-0.05, 0) is 44.2 Å². The van der Waals surface area contributed by atoms with Crippen LogP contribution in [0.25, 0.3) is 0 Å². The number of amides is 3. The molecular weight excluding hydrogens is 436 g/mol. The van der Waals surface area contributed by atoms with Crippen molar-refractivity contribution < 1.29 is 28.7 Å². The van der Waals surface area contributed by atoms with Gasteiger partial charge in [0.2, 0.25) is 0 Å². The van der Waals surface area contributed by atoms with Gasteiger partial charge in [0.1, 0.15) is 0 Å². The van der Waals surface area contributed by atoms with Gasteiger partial charge >= 0.3 is 5.97 Å². The first-order valence-electron chi connectivity index (χ1n) is 10.1. The smallest absolute Gasteiger partial charge is 0.338 e. The number of anilines is 1. The Morgan fingerprint density at radius 3 is 2.38 bits per heavy atom. The van der Waals surface area contributed by atoms with Gasteiger partial charge in [-0.1, -0.05) is 23.7 Å². The highest BCUT2D eigenvalue weighted by Gasteiger charge is 2.38. The topological polar surface area (TPSA) is 93.2 Å². The number of hydrogen-bond acceptors (Lipinski definition) is 6. The van der Waals surface area contributed by atoms with Crippen LogP contribution in [0.5, 0.6) is 0 Å². The lowest BCUT2D eigenvalue weighted by molar-refractivity contribution is -0.146. The fraction of sp³-hybridized carbons (Fsp3) is 0.304. The molecule has 4 rings (SSSR count). The molecule has 0 bridgehead atoms. The number of imide groups is 1. The second-order valence-corrected chi connectivity index (χ2v) is 8.20. The van der Waals surface area contributed by atoms with Gasteiger partial charge in [-0.2, -0.15) is 0 Å². The third-order valence-corrected chi connectivity index (χ3v) is 5.63. The maximum Gasteiger partial charge on any atom is 0.338 e. The zero-order valence-electron chi connectivity index (χ0n) is 17.5. The van der Waals surface area contributed by atoms with Crippen molar-refractivity contribution >= 4 is 41.0 Å². The van der Waals surface area contributed by atoms with Crippen molar-refractivity contribution in [1.29, 1.82) is 0 Å². The molecule has 2 aliphatic heterocycles. The highest BCUT2D eigenvalue weighted by atomic mass is 35.5. The van der Waals surface area contributed by atoms with E-state index in [-0.39, 0.29) is 45.5 Å². The Labute approximate surface area is 189 Å². The quantitative estimate of drug-likeness (QED) is 0.518. The number of ether oxygens (including phenoxy) is 2. The van der Waals surface area contributed by atoms with Crippen molar-refractivity contribution in [3.05, 3.63) is 64.2 Å². The third kappa shape index (κ3) is 4.11. The van der Waals surface area contributed by atoms with E-state index in [9.17, 15) is 19.2 Å². The van der Waals surface area contributed by atoms with Crippen molar-refractivity contribution in [3.8, 4) is 0 Å². The summed E-state index contributed by atoms with van der Waals surface area (Å²) >= 11 is 6.15. The Morgan fingerprint density at radius 2 is 1.69 bits per heavy atom. The van der Waals surface area contributed by atoms with Crippen molar-refractivity contribution in [1.82, 2.24) is 4.90 Å². The highest BCUT2D eigenvalue weighted by Crippen LogP contribution is 2.33. The van der Waals surface area contributed by atoms with Crippen molar-refractivity contribution in [3.63, 3.8) is 0 Å². The summed E-state index contributed by atoms with van der Waals surface area (Å²) in [6, 6.07) is 10.6. The summed E-state index contributed by atoms with van der Waals surface area (Å²) in [5.41, 5.74) is 0.580. The number of benzene rings is 2. The molecule has 3 amide bonds. The minimum absolute atomic E-state index is 0.0717. The number of para-hydroxylation sites is 1. The van der Waals surface area contributed by atoms with Crippen LogP contribution in [0.15, 0.2) is 42.5 Å². The van der Waals surface area contributed by atoms with Gasteiger partial charge in [0, 0.05) is 13.1 Å². The summed E-state index contributed by atoms with van der Waals surface area (Å²) in [4.78, 5) is 53.1. The first-order valence-corrected chi connectivity index (χ1v) is 10.5. The Morgan fingerprint density at radius 1 is 1.03 bits per heavy atom. The predicted octanol–water partition coefficient (Wildman–Crippen LogP) is 2.93. The van der Waals surface area contributed by atoms with Crippen LogP contribution in [-0.2, 0) is 14.3 Å². The molecule has 0 aliphatic carbocycles. The average Bonchev–Trinajstić information content (AvgIpc) is 3.01. The summed E-state index contributed by atoms with van der Waals surface area (Å²) in [6.45, 7) is 4.17. The maximum absolute atomic E-state index is 12.9. The van der Waals surface area contributed by atoms with E-state index >= 15 is 0 Å². The van der Waals surface area contributed by atoms with Crippen LogP contribution in [-0.4, -0.2) is 60.5 Å². The lowest BCUT2D eigenvalue weighted by atomic mass is 10.1. The van der Waals surface area contributed by atoms with Crippen molar-refractivity contribution in [2.24, 2.45) is 0 Å². The lowest BCUT2D eigenvalue weighted by Gasteiger charge is -2.35. The van der Waals surface area contributed by atoms with Gasteiger partial charge in [-0.3, -0.25) is 14.4 Å². The molecule has 8 nitrogen and oxygen atoms in total. The van der Waals surface area contributed by atoms with Gasteiger partial charge in [0.15, 0.2) is 6.61 Å². The van der Waals surface area contributed by atoms with Gasteiger partial charge in [-0.25, -0.2) is 9.69 Å². The molecule has 2 aromatic rings. The van der Waals surface area contributed by atoms with Crippen LogP contribution < -0.4 is 4.90 Å². The molecular formula is C23H21ClN2O6.